The molecule has 1 fully saturated rings. The van der Waals surface area contributed by atoms with Gasteiger partial charge in [-0.1, -0.05) is 20.3 Å². The average molecular weight is 183 g/mol. The van der Waals surface area contributed by atoms with Crippen LogP contribution in [0.25, 0.3) is 0 Å². The van der Waals surface area contributed by atoms with Gasteiger partial charge in [0.1, 0.15) is 0 Å². The molecule has 1 rings (SSSR count). The van der Waals surface area contributed by atoms with Crippen molar-refractivity contribution in [2.24, 2.45) is 5.92 Å². The van der Waals surface area contributed by atoms with E-state index >= 15 is 0 Å². The Morgan fingerprint density at radius 1 is 1.46 bits per heavy atom. The van der Waals surface area contributed by atoms with Crippen LogP contribution < -0.4 is 0 Å². The number of hydrogen-bond donors (Lipinski definition) is 0. The first-order chi connectivity index (χ1) is 6.29. The minimum Gasteiger partial charge on any atom is -0.342 e. The number of piperidine rings is 1. The molecule has 0 aromatic rings. The Kier molecular flexibility index (Phi) is 4.26. The van der Waals surface area contributed by atoms with Crippen LogP contribution in [0.5, 0.6) is 0 Å². The molecule has 76 valence electrons. The lowest BCUT2D eigenvalue weighted by molar-refractivity contribution is -0.138. The maximum atomic E-state index is 11.8. The molecule has 1 saturated heterocycles. The van der Waals surface area contributed by atoms with Crippen LogP contribution >= 0.6 is 0 Å². The van der Waals surface area contributed by atoms with E-state index < -0.39 is 0 Å². The van der Waals surface area contributed by atoms with Crippen molar-refractivity contribution in [2.75, 3.05) is 13.1 Å². The Hall–Kier alpha value is -0.530. The fourth-order valence-corrected chi connectivity index (χ4v) is 1.97. The second-order valence-corrected chi connectivity index (χ2v) is 3.93. The lowest BCUT2D eigenvalue weighted by Crippen LogP contribution is -2.41. The molecule has 0 aromatic carbocycles. The van der Waals surface area contributed by atoms with Crippen LogP contribution in [-0.4, -0.2) is 23.9 Å². The molecule has 1 heterocycles. The molecule has 13 heavy (non-hydrogen) atoms. The van der Waals surface area contributed by atoms with Crippen molar-refractivity contribution >= 4 is 5.91 Å². The smallest absolute Gasteiger partial charge is 0.225 e. The van der Waals surface area contributed by atoms with Crippen LogP contribution in [0.4, 0.5) is 0 Å². The first kappa shape index (κ1) is 10.6. The Labute approximate surface area is 81.3 Å². The van der Waals surface area contributed by atoms with E-state index in [1.54, 1.807) is 0 Å². The maximum Gasteiger partial charge on any atom is 0.225 e. The number of rotatable bonds is 4. The minimum atomic E-state index is 0.325. The molecule has 0 aromatic heterocycles. The van der Waals surface area contributed by atoms with Gasteiger partial charge >= 0.3 is 0 Å². The van der Waals surface area contributed by atoms with Gasteiger partial charge in [-0.15, -0.1) is 0 Å². The lowest BCUT2D eigenvalue weighted by atomic mass is 9.94. The molecular formula is C11H21NO. The first-order valence-electron chi connectivity index (χ1n) is 5.58. The SMILES string of the molecule is CCCCN1CCCC(CC)C1=O. The molecule has 0 spiro atoms. The van der Waals surface area contributed by atoms with E-state index in [2.05, 4.69) is 18.7 Å². The largest absolute Gasteiger partial charge is 0.342 e. The molecule has 0 saturated carbocycles. The number of hydrogen-bond acceptors (Lipinski definition) is 1. The predicted octanol–water partition coefficient (Wildman–Crippen LogP) is 2.44. The van der Waals surface area contributed by atoms with E-state index in [0.717, 1.165) is 32.4 Å². The predicted molar refractivity (Wildman–Crippen MR) is 54.5 cm³/mol. The Balaban J connectivity index is 2.40. The summed E-state index contributed by atoms with van der Waals surface area (Å²) in [6, 6.07) is 0. The molecule has 0 aliphatic carbocycles. The number of amides is 1. The van der Waals surface area contributed by atoms with Gasteiger partial charge < -0.3 is 4.90 Å². The quantitative estimate of drug-likeness (QED) is 0.655. The minimum absolute atomic E-state index is 0.325. The Morgan fingerprint density at radius 3 is 2.85 bits per heavy atom. The first-order valence-corrected chi connectivity index (χ1v) is 5.58. The topological polar surface area (TPSA) is 20.3 Å². The standard InChI is InChI=1S/C11H21NO/c1-3-5-8-12-9-6-7-10(4-2)11(12)13/h10H,3-9H2,1-2H3. The molecule has 1 aliphatic rings. The molecule has 1 unspecified atom stereocenters. The molecule has 1 amide bonds. The monoisotopic (exact) mass is 183 g/mol. The molecule has 0 bridgehead atoms. The van der Waals surface area contributed by atoms with Crippen LogP contribution in [0.1, 0.15) is 46.0 Å². The normalized spacial score (nSPS) is 23.7. The number of unbranched alkanes of at least 4 members (excludes halogenated alkanes) is 1. The fourth-order valence-electron chi connectivity index (χ4n) is 1.97. The van der Waals surface area contributed by atoms with Crippen molar-refractivity contribution in [3.8, 4) is 0 Å². The summed E-state index contributed by atoms with van der Waals surface area (Å²) in [6.45, 7) is 6.26. The summed E-state index contributed by atoms with van der Waals surface area (Å²) in [5.74, 6) is 0.729. The zero-order valence-electron chi connectivity index (χ0n) is 8.88. The van der Waals surface area contributed by atoms with Crippen LogP contribution in [0.3, 0.4) is 0 Å². The summed E-state index contributed by atoms with van der Waals surface area (Å²) in [5, 5.41) is 0. The van der Waals surface area contributed by atoms with E-state index in [1.807, 2.05) is 0 Å². The summed E-state index contributed by atoms with van der Waals surface area (Å²) in [4.78, 5) is 13.8. The highest BCUT2D eigenvalue weighted by molar-refractivity contribution is 5.79. The number of carbonyl (C=O) groups is 1. The van der Waals surface area contributed by atoms with Gasteiger partial charge in [-0.2, -0.15) is 0 Å². The van der Waals surface area contributed by atoms with E-state index in [-0.39, 0.29) is 0 Å². The van der Waals surface area contributed by atoms with Gasteiger partial charge in [0.15, 0.2) is 0 Å². The van der Waals surface area contributed by atoms with E-state index in [9.17, 15) is 4.79 Å². The summed E-state index contributed by atoms with van der Waals surface area (Å²) < 4.78 is 0. The molecule has 2 heteroatoms. The van der Waals surface area contributed by atoms with Crippen molar-refractivity contribution in [3.05, 3.63) is 0 Å². The summed E-state index contributed by atoms with van der Waals surface area (Å²) in [7, 11) is 0. The van der Waals surface area contributed by atoms with Crippen molar-refractivity contribution < 1.29 is 4.79 Å². The van der Waals surface area contributed by atoms with Crippen LogP contribution in [-0.2, 0) is 4.79 Å². The highest BCUT2D eigenvalue weighted by Gasteiger charge is 2.26. The highest BCUT2D eigenvalue weighted by atomic mass is 16.2. The number of likely N-dealkylation sites (tertiary alicyclic amines) is 1. The second-order valence-electron chi connectivity index (χ2n) is 3.93. The van der Waals surface area contributed by atoms with Gasteiger partial charge in [-0.25, -0.2) is 0 Å². The molecule has 0 N–H and O–H groups in total. The van der Waals surface area contributed by atoms with Crippen LogP contribution in [0.2, 0.25) is 0 Å². The Morgan fingerprint density at radius 2 is 2.23 bits per heavy atom. The van der Waals surface area contributed by atoms with Gasteiger partial charge in [-0.05, 0) is 25.7 Å². The van der Waals surface area contributed by atoms with Gasteiger partial charge in [0.25, 0.3) is 0 Å². The van der Waals surface area contributed by atoms with Crippen LogP contribution in [0, 0.1) is 5.92 Å². The maximum absolute atomic E-state index is 11.8. The molecule has 2 nitrogen and oxygen atoms in total. The van der Waals surface area contributed by atoms with Crippen molar-refractivity contribution in [1.29, 1.82) is 0 Å². The highest BCUT2D eigenvalue weighted by Crippen LogP contribution is 2.20. The zero-order chi connectivity index (χ0) is 9.68. The van der Waals surface area contributed by atoms with E-state index in [0.29, 0.717) is 11.8 Å². The van der Waals surface area contributed by atoms with Gasteiger partial charge in [0.05, 0.1) is 0 Å². The third kappa shape index (κ3) is 2.71. The number of carbonyl (C=O) groups excluding carboxylic acids is 1. The van der Waals surface area contributed by atoms with Crippen molar-refractivity contribution in [3.63, 3.8) is 0 Å². The fraction of sp³-hybridized carbons (Fsp3) is 0.909. The van der Waals surface area contributed by atoms with Gasteiger partial charge in [0.2, 0.25) is 5.91 Å². The van der Waals surface area contributed by atoms with Crippen molar-refractivity contribution in [1.82, 2.24) is 4.90 Å². The summed E-state index contributed by atoms with van der Waals surface area (Å²) in [5.41, 5.74) is 0. The van der Waals surface area contributed by atoms with Crippen LogP contribution in [0.15, 0.2) is 0 Å². The van der Waals surface area contributed by atoms with Gasteiger partial charge in [-0.3, -0.25) is 4.79 Å². The zero-order valence-corrected chi connectivity index (χ0v) is 8.88. The molecule has 1 aliphatic heterocycles. The molecular weight excluding hydrogens is 162 g/mol. The van der Waals surface area contributed by atoms with E-state index in [1.165, 1.54) is 12.8 Å². The summed E-state index contributed by atoms with van der Waals surface area (Å²) >= 11 is 0. The van der Waals surface area contributed by atoms with Crippen molar-refractivity contribution in [2.45, 2.75) is 46.0 Å². The molecule has 1 atom stereocenters. The van der Waals surface area contributed by atoms with Gasteiger partial charge in [0, 0.05) is 19.0 Å². The lowest BCUT2D eigenvalue weighted by Gasteiger charge is -2.31. The molecule has 0 radical (unpaired) electrons. The third-order valence-corrected chi connectivity index (χ3v) is 2.92. The number of nitrogens with zero attached hydrogens (tertiary/aromatic N) is 1. The van der Waals surface area contributed by atoms with E-state index in [4.69, 9.17) is 0 Å². The Bertz CT molecular complexity index is 167. The summed E-state index contributed by atoms with van der Waals surface area (Å²) in [6.07, 6.45) is 5.66. The third-order valence-electron chi connectivity index (χ3n) is 2.92. The average Bonchev–Trinajstić information content (AvgIpc) is 2.16. The second kappa shape index (κ2) is 5.25.